The summed E-state index contributed by atoms with van der Waals surface area (Å²) >= 11 is 0. The number of fused-ring (bicyclic) bond motifs is 1. The van der Waals surface area contributed by atoms with Crippen LogP contribution < -0.4 is 20.3 Å². The fourth-order valence-corrected chi connectivity index (χ4v) is 3.51. The van der Waals surface area contributed by atoms with Crippen LogP contribution in [0.4, 0.5) is 5.69 Å². The van der Waals surface area contributed by atoms with E-state index in [0.29, 0.717) is 28.4 Å². The number of carbonyl (C=O) groups excluding carboxylic acids is 2. The summed E-state index contributed by atoms with van der Waals surface area (Å²) in [5.41, 5.74) is 1.73. The molecule has 2 heterocycles. The van der Waals surface area contributed by atoms with E-state index in [9.17, 15) is 14.4 Å². The van der Waals surface area contributed by atoms with Gasteiger partial charge in [-0.05, 0) is 36.4 Å². The highest BCUT2D eigenvalue weighted by atomic mass is 16.5. The highest BCUT2D eigenvalue weighted by Crippen LogP contribution is 2.31. The molecule has 2 aromatic carbocycles. The molecule has 0 bridgehead atoms. The number of hydrogen-bond donors (Lipinski definition) is 1. The number of rotatable bonds is 7. The van der Waals surface area contributed by atoms with Crippen LogP contribution in [0, 0.1) is 0 Å². The van der Waals surface area contributed by atoms with Crippen molar-refractivity contribution in [3.8, 4) is 22.8 Å². The molecule has 4 rings (SSSR count). The molecular weight excluding hydrogens is 440 g/mol. The monoisotopic (exact) mass is 462 g/mol. The second kappa shape index (κ2) is 9.49. The van der Waals surface area contributed by atoms with Gasteiger partial charge in [-0.3, -0.25) is 9.59 Å². The minimum atomic E-state index is -0.573. The number of para-hydroxylation sites is 1. The van der Waals surface area contributed by atoms with Crippen molar-refractivity contribution in [2.75, 3.05) is 26.6 Å². The lowest BCUT2D eigenvalue weighted by molar-refractivity contribution is -0.116. The number of hydrogen-bond acceptors (Lipinski definition) is 7. The molecule has 1 N–H and O–H groups in total. The largest absolute Gasteiger partial charge is 0.493 e. The van der Waals surface area contributed by atoms with E-state index in [1.807, 2.05) is 6.07 Å². The smallest absolute Gasteiger partial charge is 0.339 e. The summed E-state index contributed by atoms with van der Waals surface area (Å²) in [7, 11) is 4.35. The van der Waals surface area contributed by atoms with Gasteiger partial charge in [-0.1, -0.05) is 12.1 Å². The first-order valence-electron chi connectivity index (χ1n) is 10.2. The molecule has 0 aliphatic rings. The third kappa shape index (κ3) is 4.33. The van der Waals surface area contributed by atoms with Crippen molar-refractivity contribution in [1.82, 2.24) is 14.2 Å². The molecule has 0 aliphatic carbocycles. The number of nitrogens with one attached hydrogen (secondary N) is 1. The van der Waals surface area contributed by atoms with Crippen molar-refractivity contribution in [1.29, 1.82) is 0 Å². The lowest BCUT2D eigenvalue weighted by atomic mass is 10.1. The van der Waals surface area contributed by atoms with Gasteiger partial charge in [-0.2, -0.15) is 5.10 Å². The van der Waals surface area contributed by atoms with Gasteiger partial charge in [0, 0.05) is 18.0 Å². The second-order valence-corrected chi connectivity index (χ2v) is 7.25. The number of nitrogens with zero attached hydrogens (tertiary/aromatic N) is 3. The number of benzene rings is 2. The Balaban J connectivity index is 1.60. The summed E-state index contributed by atoms with van der Waals surface area (Å²) in [6.07, 6.45) is 3.07. The molecule has 0 aliphatic heterocycles. The standard InChI is InChI=1S/C24H22N4O6/c1-32-20-9-8-15(12-21(20)33-2)18-13-19-23(30)27(10-11-28(19)26-18)14-22(29)25-17-7-5-4-6-16(17)24(31)34-3/h4-13H,14H2,1-3H3,(H,25,29). The number of aromatic nitrogens is 3. The van der Waals surface area contributed by atoms with Crippen molar-refractivity contribution < 1.29 is 23.8 Å². The van der Waals surface area contributed by atoms with E-state index in [1.54, 1.807) is 62.9 Å². The minimum Gasteiger partial charge on any atom is -0.493 e. The molecule has 10 heteroatoms. The molecule has 2 aromatic heterocycles. The summed E-state index contributed by atoms with van der Waals surface area (Å²) in [4.78, 5) is 37.5. The summed E-state index contributed by atoms with van der Waals surface area (Å²) < 4.78 is 18.1. The van der Waals surface area contributed by atoms with Crippen molar-refractivity contribution in [3.63, 3.8) is 0 Å². The molecule has 10 nitrogen and oxygen atoms in total. The molecule has 174 valence electrons. The van der Waals surface area contributed by atoms with Crippen LogP contribution in [0.5, 0.6) is 11.5 Å². The summed E-state index contributed by atoms with van der Waals surface area (Å²) in [6.45, 7) is -0.248. The Kier molecular flexibility index (Phi) is 6.30. The molecule has 0 saturated heterocycles. The summed E-state index contributed by atoms with van der Waals surface area (Å²) in [6, 6.07) is 13.5. The van der Waals surface area contributed by atoms with Crippen LogP contribution in [0.25, 0.3) is 16.8 Å². The number of esters is 1. The Morgan fingerprint density at radius 3 is 2.47 bits per heavy atom. The van der Waals surface area contributed by atoms with E-state index in [4.69, 9.17) is 14.2 Å². The Bertz CT molecular complexity index is 1440. The number of amides is 1. The highest BCUT2D eigenvalue weighted by molar-refractivity contribution is 6.01. The van der Waals surface area contributed by atoms with Gasteiger partial charge in [0.15, 0.2) is 11.5 Å². The Hall–Kier alpha value is -4.60. The predicted molar refractivity (Wildman–Crippen MR) is 124 cm³/mol. The maximum absolute atomic E-state index is 13.0. The van der Waals surface area contributed by atoms with Crippen LogP contribution in [0.2, 0.25) is 0 Å². The molecule has 1 amide bonds. The zero-order valence-electron chi connectivity index (χ0n) is 18.8. The fraction of sp³-hybridized carbons (Fsp3) is 0.167. The third-order valence-corrected chi connectivity index (χ3v) is 5.20. The molecule has 0 spiro atoms. The van der Waals surface area contributed by atoms with Crippen LogP contribution in [-0.2, 0) is 16.1 Å². The molecule has 0 saturated carbocycles. The van der Waals surface area contributed by atoms with Gasteiger partial charge < -0.3 is 24.1 Å². The molecule has 0 radical (unpaired) electrons. The topological polar surface area (TPSA) is 113 Å². The van der Waals surface area contributed by atoms with Crippen LogP contribution >= 0.6 is 0 Å². The minimum absolute atomic E-state index is 0.219. The average molecular weight is 462 g/mol. The SMILES string of the molecule is COC(=O)c1ccccc1NC(=O)Cn1ccn2nc(-c3ccc(OC)c(OC)c3)cc2c1=O. The Labute approximate surface area is 194 Å². The van der Waals surface area contributed by atoms with Gasteiger partial charge in [-0.15, -0.1) is 0 Å². The van der Waals surface area contributed by atoms with E-state index in [1.165, 1.54) is 22.4 Å². The van der Waals surface area contributed by atoms with Gasteiger partial charge in [0.05, 0.1) is 38.3 Å². The molecular formula is C24H22N4O6. The van der Waals surface area contributed by atoms with Crippen molar-refractivity contribution in [3.05, 3.63) is 76.8 Å². The van der Waals surface area contributed by atoms with Crippen LogP contribution in [-0.4, -0.2) is 47.4 Å². The zero-order chi connectivity index (χ0) is 24.2. The quantitative estimate of drug-likeness (QED) is 0.420. The molecule has 0 fully saturated rings. The van der Waals surface area contributed by atoms with Crippen LogP contribution in [0.1, 0.15) is 10.4 Å². The third-order valence-electron chi connectivity index (χ3n) is 5.20. The van der Waals surface area contributed by atoms with Gasteiger partial charge >= 0.3 is 5.97 Å². The van der Waals surface area contributed by atoms with Crippen molar-refractivity contribution in [2.24, 2.45) is 0 Å². The predicted octanol–water partition coefficient (Wildman–Crippen LogP) is 2.61. The van der Waals surface area contributed by atoms with E-state index in [0.717, 1.165) is 5.56 Å². The molecule has 0 unspecified atom stereocenters. The average Bonchev–Trinajstić information content (AvgIpc) is 3.30. The number of ether oxygens (including phenoxy) is 3. The van der Waals surface area contributed by atoms with Gasteiger partial charge in [0.25, 0.3) is 5.56 Å². The van der Waals surface area contributed by atoms with Gasteiger partial charge in [0.2, 0.25) is 5.91 Å². The summed E-state index contributed by atoms with van der Waals surface area (Å²) in [5, 5.41) is 7.11. The van der Waals surface area contributed by atoms with Crippen LogP contribution in [0.15, 0.2) is 65.7 Å². The lowest BCUT2D eigenvalue weighted by Gasteiger charge is -2.10. The number of methoxy groups -OCH3 is 3. The fourth-order valence-electron chi connectivity index (χ4n) is 3.51. The maximum Gasteiger partial charge on any atom is 0.339 e. The highest BCUT2D eigenvalue weighted by Gasteiger charge is 2.16. The van der Waals surface area contributed by atoms with E-state index < -0.39 is 17.4 Å². The number of carbonyl (C=O) groups is 2. The van der Waals surface area contributed by atoms with Gasteiger partial charge in [-0.25, -0.2) is 9.31 Å². The first-order valence-corrected chi connectivity index (χ1v) is 10.2. The first-order chi connectivity index (χ1) is 16.4. The maximum atomic E-state index is 13.0. The molecule has 34 heavy (non-hydrogen) atoms. The Morgan fingerprint density at radius 2 is 1.74 bits per heavy atom. The van der Waals surface area contributed by atoms with E-state index in [-0.39, 0.29) is 12.1 Å². The molecule has 4 aromatic rings. The number of anilines is 1. The van der Waals surface area contributed by atoms with Crippen LogP contribution in [0.3, 0.4) is 0 Å². The van der Waals surface area contributed by atoms with E-state index >= 15 is 0 Å². The molecule has 0 atom stereocenters. The Morgan fingerprint density at radius 1 is 0.971 bits per heavy atom. The lowest BCUT2D eigenvalue weighted by Crippen LogP contribution is -2.28. The second-order valence-electron chi connectivity index (χ2n) is 7.25. The first kappa shape index (κ1) is 22.6. The van der Waals surface area contributed by atoms with Gasteiger partial charge in [0.1, 0.15) is 12.1 Å². The zero-order valence-corrected chi connectivity index (χ0v) is 18.8. The van der Waals surface area contributed by atoms with Crippen molar-refractivity contribution in [2.45, 2.75) is 6.54 Å². The van der Waals surface area contributed by atoms with E-state index in [2.05, 4.69) is 10.4 Å². The van der Waals surface area contributed by atoms with Crippen molar-refractivity contribution >= 4 is 23.1 Å². The summed E-state index contributed by atoms with van der Waals surface area (Å²) in [5.74, 6) is 0.0781. The normalized spacial score (nSPS) is 10.7.